The molecule has 5 nitrogen and oxygen atoms in total. The van der Waals surface area contributed by atoms with E-state index in [1.807, 2.05) is 36.3 Å². The van der Waals surface area contributed by atoms with Crippen molar-refractivity contribution in [3.8, 4) is 12.3 Å². The first-order chi connectivity index (χ1) is 10.7. The largest absolute Gasteiger partial charge is 0.394 e. The summed E-state index contributed by atoms with van der Waals surface area (Å²) in [5.41, 5.74) is 3.07. The third kappa shape index (κ3) is 2.32. The second-order valence-electron chi connectivity index (χ2n) is 5.64. The highest BCUT2D eigenvalue weighted by atomic mass is 16.3. The number of aliphatic hydroxyl groups is 1. The third-order valence-electron chi connectivity index (χ3n) is 4.26. The number of hydrogen-bond donors (Lipinski definition) is 3. The number of aromatic amines is 1. The Balaban J connectivity index is 2.19. The van der Waals surface area contributed by atoms with Gasteiger partial charge in [0.15, 0.2) is 0 Å². The fraction of sp³-hybridized carbons (Fsp3) is 0.353. The molecular formula is C17H19N3O2. The van der Waals surface area contributed by atoms with Crippen molar-refractivity contribution in [2.45, 2.75) is 24.9 Å². The molecule has 22 heavy (non-hydrogen) atoms. The molecule has 1 amide bonds. The Morgan fingerprint density at radius 3 is 3.05 bits per heavy atom. The van der Waals surface area contributed by atoms with Crippen LogP contribution in [0.15, 0.2) is 24.4 Å². The summed E-state index contributed by atoms with van der Waals surface area (Å²) in [6.07, 6.45) is 8.28. The second-order valence-corrected chi connectivity index (χ2v) is 5.64. The smallest absolute Gasteiger partial charge is 0.243 e. The van der Waals surface area contributed by atoms with Crippen LogP contribution < -0.4 is 10.2 Å². The van der Waals surface area contributed by atoms with E-state index in [0.29, 0.717) is 12.8 Å². The van der Waals surface area contributed by atoms with Crippen molar-refractivity contribution >= 4 is 22.5 Å². The monoisotopic (exact) mass is 297 g/mol. The van der Waals surface area contributed by atoms with Crippen LogP contribution >= 0.6 is 0 Å². The number of anilines is 1. The highest BCUT2D eigenvalue weighted by Crippen LogP contribution is 2.32. The molecule has 0 aliphatic carbocycles. The number of nitrogens with one attached hydrogen (secondary N) is 2. The summed E-state index contributed by atoms with van der Waals surface area (Å²) in [7, 11) is 1.88. The van der Waals surface area contributed by atoms with Crippen LogP contribution in [-0.4, -0.2) is 41.7 Å². The molecule has 0 unspecified atom stereocenters. The maximum atomic E-state index is 12.5. The number of terminal acetylenes is 1. The lowest BCUT2D eigenvalue weighted by molar-refractivity contribution is -0.123. The molecule has 0 radical (unpaired) electrons. The van der Waals surface area contributed by atoms with Crippen LogP contribution in [0.4, 0.5) is 5.69 Å². The lowest BCUT2D eigenvalue weighted by atomic mass is 10.0. The van der Waals surface area contributed by atoms with Crippen molar-refractivity contribution in [2.24, 2.45) is 0 Å². The fourth-order valence-electron chi connectivity index (χ4n) is 3.10. The van der Waals surface area contributed by atoms with E-state index in [2.05, 4.69) is 16.2 Å². The SMILES string of the molecule is C#CC[C@H]1C(=O)N[C@H](CO)Cc2c[nH]c3cccc(c23)N1C. The normalized spacial score (nSPS) is 21.7. The molecule has 2 heterocycles. The summed E-state index contributed by atoms with van der Waals surface area (Å²) in [5.74, 6) is 2.43. The standard InChI is InChI=1S/C17H19N3O2/c1-3-5-15-17(22)19-12(10-21)8-11-9-18-13-6-4-7-14(16(11)13)20(15)2/h1,4,6-7,9,12,15,18,21H,5,8,10H2,2H3,(H,19,22)/t12-,15-/m0/s1. The quantitative estimate of drug-likeness (QED) is 0.725. The first-order valence-electron chi connectivity index (χ1n) is 7.32. The molecule has 1 aliphatic rings. The van der Waals surface area contributed by atoms with Gasteiger partial charge in [-0.2, -0.15) is 0 Å². The summed E-state index contributed by atoms with van der Waals surface area (Å²) in [5, 5.41) is 13.5. The summed E-state index contributed by atoms with van der Waals surface area (Å²) in [4.78, 5) is 17.7. The number of H-pyrrole nitrogens is 1. The molecule has 0 saturated carbocycles. The maximum absolute atomic E-state index is 12.5. The van der Waals surface area contributed by atoms with Crippen molar-refractivity contribution in [3.63, 3.8) is 0 Å². The van der Waals surface area contributed by atoms with Crippen LogP contribution in [0.5, 0.6) is 0 Å². The highest BCUT2D eigenvalue weighted by molar-refractivity contribution is 5.98. The number of hydrogen-bond acceptors (Lipinski definition) is 3. The first kappa shape index (κ1) is 14.5. The van der Waals surface area contributed by atoms with Crippen molar-refractivity contribution in [3.05, 3.63) is 30.0 Å². The zero-order valence-electron chi connectivity index (χ0n) is 12.5. The van der Waals surface area contributed by atoms with E-state index < -0.39 is 6.04 Å². The minimum Gasteiger partial charge on any atom is -0.394 e. The van der Waals surface area contributed by atoms with Crippen molar-refractivity contribution in [1.29, 1.82) is 0 Å². The van der Waals surface area contributed by atoms with Crippen LogP contribution in [0, 0.1) is 12.3 Å². The number of amides is 1. The van der Waals surface area contributed by atoms with Crippen LogP contribution in [-0.2, 0) is 11.2 Å². The molecular weight excluding hydrogens is 278 g/mol. The number of likely N-dealkylation sites (N-methyl/N-ethyl adjacent to an activating group) is 1. The molecule has 0 bridgehead atoms. The van der Waals surface area contributed by atoms with Gasteiger partial charge in [-0.1, -0.05) is 6.07 Å². The molecule has 3 rings (SSSR count). The van der Waals surface area contributed by atoms with E-state index in [0.717, 1.165) is 22.2 Å². The minimum absolute atomic E-state index is 0.104. The lowest BCUT2D eigenvalue weighted by Gasteiger charge is -2.28. The molecule has 5 heteroatoms. The summed E-state index contributed by atoms with van der Waals surface area (Å²) < 4.78 is 0. The predicted molar refractivity (Wildman–Crippen MR) is 86.7 cm³/mol. The Morgan fingerprint density at radius 2 is 2.32 bits per heavy atom. The number of nitrogens with zero attached hydrogens (tertiary/aromatic N) is 1. The van der Waals surface area contributed by atoms with Gasteiger partial charge in [0.1, 0.15) is 6.04 Å². The maximum Gasteiger partial charge on any atom is 0.243 e. The van der Waals surface area contributed by atoms with Gasteiger partial charge in [-0.15, -0.1) is 12.3 Å². The molecule has 0 saturated heterocycles. The third-order valence-corrected chi connectivity index (χ3v) is 4.26. The Morgan fingerprint density at radius 1 is 1.50 bits per heavy atom. The fourth-order valence-corrected chi connectivity index (χ4v) is 3.10. The van der Waals surface area contributed by atoms with E-state index >= 15 is 0 Å². The van der Waals surface area contributed by atoms with E-state index in [-0.39, 0.29) is 18.6 Å². The van der Waals surface area contributed by atoms with Gasteiger partial charge in [-0.3, -0.25) is 4.79 Å². The molecule has 0 fully saturated rings. The lowest BCUT2D eigenvalue weighted by Crippen LogP contribution is -2.49. The van der Waals surface area contributed by atoms with Gasteiger partial charge in [0.05, 0.1) is 12.6 Å². The Labute approximate surface area is 129 Å². The highest BCUT2D eigenvalue weighted by Gasteiger charge is 2.29. The van der Waals surface area contributed by atoms with Crippen LogP contribution in [0.3, 0.4) is 0 Å². The molecule has 1 aromatic carbocycles. The van der Waals surface area contributed by atoms with Gasteiger partial charge in [0, 0.05) is 36.3 Å². The molecule has 2 atom stereocenters. The number of carbonyl (C=O) groups is 1. The van der Waals surface area contributed by atoms with Crippen molar-refractivity contribution < 1.29 is 9.90 Å². The number of rotatable bonds is 2. The van der Waals surface area contributed by atoms with E-state index in [9.17, 15) is 9.90 Å². The topological polar surface area (TPSA) is 68.4 Å². The van der Waals surface area contributed by atoms with Gasteiger partial charge < -0.3 is 20.3 Å². The van der Waals surface area contributed by atoms with Crippen molar-refractivity contribution in [1.82, 2.24) is 10.3 Å². The van der Waals surface area contributed by atoms with Crippen LogP contribution in [0.25, 0.3) is 10.9 Å². The molecule has 0 spiro atoms. The Kier molecular flexibility index (Phi) is 3.78. The van der Waals surface area contributed by atoms with Crippen LogP contribution in [0.2, 0.25) is 0 Å². The molecule has 2 aromatic rings. The minimum atomic E-state index is -0.453. The number of benzene rings is 1. The van der Waals surface area contributed by atoms with E-state index in [1.165, 1.54) is 0 Å². The average Bonchev–Trinajstić information content (AvgIpc) is 2.94. The molecule has 1 aromatic heterocycles. The number of carbonyl (C=O) groups excluding carboxylic acids is 1. The van der Waals surface area contributed by atoms with E-state index in [1.54, 1.807) is 0 Å². The number of aliphatic hydroxyl groups excluding tert-OH is 1. The van der Waals surface area contributed by atoms with Gasteiger partial charge in [-0.05, 0) is 24.1 Å². The van der Waals surface area contributed by atoms with E-state index in [4.69, 9.17) is 6.42 Å². The van der Waals surface area contributed by atoms with Gasteiger partial charge >= 0.3 is 0 Å². The zero-order chi connectivity index (χ0) is 15.7. The summed E-state index contributed by atoms with van der Waals surface area (Å²) >= 11 is 0. The van der Waals surface area contributed by atoms with Gasteiger partial charge in [0.25, 0.3) is 0 Å². The average molecular weight is 297 g/mol. The number of aromatic nitrogens is 1. The van der Waals surface area contributed by atoms with Gasteiger partial charge in [-0.25, -0.2) is 0 Å². The molecule has 3 N–H and O–H groups in total. The van der Waals surface area contributed by atoms with Gasteiger partial charge in [0.2, 0.25) is 5.91 Å². The predicted octanol–water partition coefficient (Wildman–Crippen LogP) is 1.03. The Bertz CT molecular complexity index is 744. The van der Waals surface area contributed by atoms with Crippen LogP contribution in [0.1, 0.15) is 12.0 Å². The molecule has 114 valence electrons. The van der Waals surface area contributed by atoms with Crippen molar-refractivity contribution in [2.75, 3.05) is 18.6 Å². The first-order valence-corrected chi connectivity index (χ1v) is 7.32. The summed E-state index contributed by atoms with van der Waals surface area (Å²) in [6, 6.07) is 5.20. The summed E-state index contributed by atoms with van der Waals surface area (Å²) in [6.45, 7) is -0.104. The zero-order valence-corrected chi connectivity index (χ0v) is 12.5. The second kappa shape index (κ2) is 5.74. The Hall–Kier alpha value is -2.45. The molecule has 1 aliphatic heterocycles.